The van der Waals surface area contributed by atoms with Gasteiger partial charge in [0.2, 0.25) is 5.82 Å². The first-order chi connectivity index (χ1) is 26.0. The molecule has 2 amide bonds. The highest BCUT2D eigenvalue weighted by molar-refractivity contribution is 6.33. The van der Waals surface area contributed by atoms with Crippen molar-refractivity contribution in [1.82, 2.24) is 34.9 Å². The largest absolute Gasteiger partial charge is 0.451 e. The highest BCUT2D eigenvalue weighted by atomic mass is 35.5. The van der Waals surface area contributed by atoms with Gasteiger partial charge in [-0.1, -0.05) is 62.7 Å². The minimum Gasteiger partial charge on any atom is -0.447 e. The second kappa shape index (κ2) is 14.3. The molecule has 3 heterocycles. The van der Waals surface area contributed by atoms with Crippen molar-refractivity contribution in [3.63, 3.8) is 0 Å². The highest BCUT2D eigenvalue weighted by Crippen LogP contribution is 2.49. The molecule has 1 aliphatic carbocycles. The fraction of sp³-hybridized carbons (Fsp3) is 0.400. The number of hydrogen-bond acceptors (Lipinski definition) is 9. The van der Waals surface area contributed by atoms with Crippen LogP contribution in [0.3, 0.4) is 0 Å². The molecular weight excluding hydrogens is 782 g/mol. The van der Waals surface area contributed by atoms with Crippen LogP contribution in [0.25, 0.3) is 22.5 Å². The van der Waals surface area contributed by atoms with Crippen LogP contribution in [-0.4, -0.2) is 65.9 Å². The molecule has 2 aliphatic rings. The molecule has 21 heteroatoms. The third-order valence-electron chi connectivity index (χ3n) is 9.20. The summed E-state index contributed by atoms with van der Waals surface area (Å²) in [5.41, 5.74) is 2.62. The first kappa shape index (κ1) is 40.3. The van der Waals surface area contributed by atoms with E-state index in [0.29, 0.717) is 15.8 Å². The van der Waals surface area contributed by atoms with Gasteiger partial charge in [-0.05, 0) is 53.5 Å². The molecule has 3 N–H and O–H groups in total. The molecule has 0 saturated heterocycles. The van der Waals surface area contributed by atoms with Gasteiger partial charge in [0, 0.05) is 23.5 Å². The molecule has 1 saturated carbocycles. The Morgan fingerprint density at radius 1 is 0.982 bits per heavy atom. The van der Waals surface area contributed by atoms with Gasteiger partial charge in [-0.3, -0.25) is 9.69 Å². The second-order valence-corrected chi connectivity index (χ2v) is 14.9. The van der Waals surface area contributed by atoms with E-state index in [1.54, 1.807) is 0 Å². The van der Waals surface area contributed by atoms with Crippen molar-refractivity contribution in [3.05, 3.63) is 83.2 Å². The fourth-order valence-corrected chi connectivity index (χ4v) is 6.66. The first-order valence-electron chi connectivity index (χ1n) is 16.7. The molecule has 0 bridgehead atoms. The van der Waals surface area contributed by atoms with Crippen molar-refractivity contribution in [2.45, 2.75) is 76.1 Å². The average molecular weight is 814 g/mol. The molecule has 56 heavy (non-hydrogen) atoms. The predicted octanol–water partition coefficient (Wildman–Crippen LogP) is 7.82. The maximum atomic E-state index is 14.9. The molecule has 4 aromatic rings. The molecule has 6 rings (SSSR count). The van der Waals surface area contributed by atoms with E-state index in [4.69, 9.17) is 22.1 Å². The Labute approximate surface area is 318 Å². The Morgan fingerprint density at radius 3 is 2.18 bits per heavy atom. The Bertz CT molecular complexity index is 2150. The lowest BCUT2D eigenvalue weighted by Gasteiger charge is -2.35. The number of amides is 2. The summed E-state index contributed by atoms with van der Waals surface area (Å²) in [6.07, 6.45) is -8.79. The van der Waals surface area contributed by atoms with Crippen LogP contribution in [0.1, 0.15) is 69.6 Å². The molecule has 2 atom stereocenters. The van der Waals surface area contributed by atoms with E-state index in [1.807, 2.05) is 26.1 Å². The molecule has 2 aromatic carbocycles. The predicted molar refractivity (Wildman–Crippen MR) is 184 cm³/mol. The van der Waals surface area contributed by atoms with Gasteiger partial charge < -0.3 is 15.8 Å². The molecule has 12 nitrogen and oxygen atoms in total. The van der Waals surface area contributed by atoms with E-state index < -0.39 is 65.9 Å². The number of ether oxygens (including phenoxy) is 1. The van der Waals surface area contributed by atoms with Crippen LogP contribution >= 0.6 is 11.6 Å². The summed E-state index contributed by atoms with van der Waals surface area (Å²) in [5, 5.41) is 5.32. The van der Waals surface area contributed by atoms with Gasteiger partial charge in [-0.25, -0.2) is 24.7 Å². The SMILES string of the molecule is CC(C)(C)C[C@]1(c2ccc(-c3cnc(C(F)(F)F)nc3)cc2)N=C(N)N([C@H](COC(=O)NC2(C(F)(F)F)CC2)c2ccc(Cl)c(-c3ncnn3C(F)F)c2)C1=O. The number of aliphatic imine (C=N–C) groups is 1. The lowest BCUT2D eigenvalue weighted by atomic mass is 9.75. The van der Waals surface area contributed by atoms with E-state index in [9.17, 15) is 44.7 Å². The lowest BCUT2D eigenvalue weighted by molar-refractivity contribution is -0.164. The second-order valence-electron chi connectivity index (χ2n) is 14.5. The van der Waals surface area contributed by atoms with Crippen LogP contribution in [0.5, 0.6) is 0 Å². The molecule has 0 radical (unpaired) electrons. The van der Waals surface area contributed by atoms with E-state index in [-0.39, 0.29) is 52.8 Å². The fourth-order valence-electron chi connectivity index (χ4n) is 6.45. The molecule has 1 aliphatic heterocycles. The standard InChI is InChI=1S/C35H32ClF8N9O3/c1-31(2,3)16-33(21-7-4-18(5-8-21)20-13-46-26(47-14-20)34(39,40)41)27(54)52(29(45)50-33)24(15-56-30(55)51-32(10-11-32)35(42,43)44)19-6-9-23(36)22(12-19)25-48-17-49-53(25)28(37)38/h4-9,12-14,17,24,28H,10-11,15-16H2,1-3H3,(H2,45,50)(H,51,55)/t24-,33-/m1/s1. The Morgan fingerprint density at radius 2 is 1.62 bits per heavy atom. The number of alkyl carbamates (subject to hydrolysis) is 1. The lowest BCUT2D eigenvalue weighted by Crippen LogP contribution is -2.50. The first-order valence-corrected chi connectivity index (χ1v) is 17.1. The van der Waals surface area contributed by atoms with Crippen LogP contribution < -0.4 is 11.1 Å². The Balaban J connectivity index is 1.39. The summed E-state index contributed by atoms with van der Waals surface area (Å²) in [7, 11) is 0. The number of carbonyl (C=O) groups excluding carboxylic acids is 2. The summed E-state index contributed by atoms with van der Waals surface area (Å²) in [5.74, 6) is -2.81. The number of nitrogens with zero attached hydrogens (tertiary/aromatic N) is 7. The van der Waals surface area contributed by atoms with Crippen molar-refractivity contribution in [2.24, 2.45) is 16.1 Å². The van der Waals surface area contributed by atoms with Crippen LogP contribution in [0.15, 0.2) is 66.2 Å². The molecular formula is C35H32ClF8N9O3. The van der Waals surface area contributed by atoms with E-state index in [0.717, 1.165) is 23.6 Å². The Kier molecular flexibility index (Phi) is 10.3. The van der Waals surface area contributed by atoms with E-state index in [2.05, 4.69) is 25.0 Å². The number of nitrogens with one attached hydrogen (secondary N) is 1. The number of guanidine groups is 1. The van der Waals surface area contributed by atoms with Gasteiger partial charge in [-0.2, -0.15) is 44.9 Å². The number of carbonyl (C=O) groups is 2. The summed E-state index contributed by atoms with van der Waals surface area (Å²) in [6.45, 7) is 1.57. The van der Waals surface area contributed by atoms with E-state index in [1.165, 1.54) is 42.5 Å². The van der Waals surface area contributed by atoms with Crippen LogP contribution in [0, 0.1) is 5.41 Å². The monoisotopic (exact) mass is 813 g/mol. The van der Waals surface area contributed by atoms with Gasteiger partial charge >= 0.3 is 25.0 Å². The average Bonchev–Trinajstić information content (AvgIpc) is 3.66. The van der Waals surface area contributed by atoms with Crippen molar-refractivity contribution >= 4 is 29.6 Å². The third-order valence-corrected chi connectivity index (χ3v) is 9.53. The minimum absolute atomic E-state index is 0.0320. The smallest absolute Gasteiger partial charge is 0.447 e. The van der Waals surface area contributed by atoms with Crippen molar-refractivity contribution in [1.29, 1.82) is 0 Å². The van der Waals surface area contributed by atoms with Crippen molar-refractivity contribution in [2.75, 3.05) is 6.61 Å². The molecule has 0 unspecified atom stereocenters. The quantitative estimate of drug-likeness (QED) is 0.154. The van der Waals surface area contributed by atoms with Gasteiger partial charge in [0.1, 0.15) is 18.5 Å². The van der Waals surface area contributed by atoms with Crippen molar-refractivity contribution < 1.29 is 49.4 Å². The number of nitrogens with two attached hydrogens (primary N) is 1. The number of alkyl halides is 8. The molecule has 1 fully saturated rings. The zero-order chi connectivity index (χ0) is 41.0. The highest BCUT2D eigenvalue weighted by Gasteiger charge is 2.64. The Hall–Kier alpha value is -5.40. The van der Waals surface area contributed by atoms with Gasteiger partial charge in [-0.15, -0.1) is 0 Å². The van der Waals surface area contributed by atoms with E-state index >= 15 is 0 Å². The number of halogens is 9. The molecule has 2 aromatic heterocycles. The maximum absolute atomic E-state index is 14.9. The van der Waals surface area contributed by atoms with Crippen LogP contribution in [-0.2, 0) is 21.2 Å². The topological polar surface area (TPSA) is 154 Å². The van der Waals surface area contributed by atoms with Gasteiger partial charge in [0.05, 0.1) is 11.1 Å². The van der Waals surface area contributed by atoms with Crippen LogP contribution in [0.2, 0.25) is 5.02 Å². The van der Waals surface area contributed by atoms with Crippen LogP contribution in [0.4, 0.5) is 39.9 Å². The number of benzene rings is 2. The van der Waals surface area contributed by atoms with Crippen molar-refractivity contribution in [3.8, 4) is 22.5 Å². The summed E-state index contributed by atoms with van der Waals surface area (Å²) in [4.78, 5) is 44.1. The number of aromatic nitrogens is 5. The zero-order valence-electron chi connectivity index (χ0n) is 29.6. The third kappa shape index (κ3) is 7.83. The van der Waals surface area contributed by atoms with Gasteiger partial charge in [0.15, 0.2) is 17.3 Å². The molecule has 298 valence electrons. The molecule has 0 spiro atoms. The zero-order valence-corrected chi connectivity index (χ0v) is 30.3. The maximum Gasteiger partial charge on any atom is 0.451 e. The number of rotatable bonds is 10. The minimum atomic E-state index is -4.76. The summed E-state index contributed by atoms with van der Waals surface area (Å²) < 4.78 is 113. The summed E-state index contributed by atoms with van der Waals surface area (Å²) >= 11 is 6.40. The number of hydrogen-bond donors (Lipinski definition) is 2. The van der Waals surface area contributed by atoms with Gasteiger partial charge in [0.25, 0.3) is 5.91 Å². The normalized spacial score (nSPS) is 18.9. The summed E-state index contributed by atoms with van der Waals surface area (Å²) in [6, 6.07) is 8.65.